The zero-order chi connectivity index (χ0) is 19.0. The van der Waals surface area contributed by atoms with Crippen molar-refractivity contribution in [1.29, 1.82) is 0 Å². The van der Waals surface area contributed by atoms with Gasteiger partial charge >= 0.3 is 0 Å². The van der Waals surface area contributed by atoms with Crippen molar-refractivity contribution < 1.29 is 9.53 Å². The molecule has 134 valence electrons. The van der Waals surface area contributed by atoms with Gasteiger partial charge in [-0.25, -0.2) is 15.0 Å². The van der Waals surface area contributed by atoms with Crippen molar-refractivity contribution in [2.45, 2.75) is 41.5 Å². The zero-order valence-electron chi connectivity index (χ0n) is 15.8. The summed E-state index contributed by atoms with van der Waals surface area (Å²) in [4.78, 5) is 26.0. The minimum Gasteiger partial charge on any atom is -0.478 e. The fourth-order valence-corrected chi connectivity index (χ4v) is 2.74. The highest BCUT2D eigenvalue weighted by molar-refractivity contribution is 9.10. The third-order valence-corrected chi connectivity index (χ3v) is 4.19. The molecule has 0 amide bonds. The molecule has 5 nitrogen and oxygen atoms in total. The number of halogens is 1. The van der Waals surface area contributed by atoms with Gasteiger partial charge in [-0.2, -0.15) is 0 Å². The van der Waals surface area contributed by atoms with Crippen LogP contribution in [0.15, 0.2) is 39.1 Å². The molecule has 0 atom stereocenters. The van der Waals surface area contributed by atoms with E-state index in [1.165, 1.54) is 7.11 Å². The number of aliphatic imine (C=N–C) groups is 1. The number of aromatic nitrogens is 2. The summed E-state index contributed by atoms with van der Waals surface area (Å²) in [5.41, 5.74) is 1.59. The average Bonchev–Trinajstić information content (AvgIpc) is 2.48. The molecule has 1 aliphatic rings. The number of hydrogen-bond acceptors (Lipinski definition) is 5. The molecular weight excluding hydrogens is 382 g/mol. The molecule has 1 aliphatic carbocycles. The maximum atomic E-state index is 12.9. The van der Waals surface area contributed by atoms with Crippen LogP contribution < -0.4 is 4.74 Å². The van der Waals surface area contributed by atoms with Gasteiger partial charge in [0.05, 0.1) is 19.0 Å². The maximum Gasteiger partial charge on any atom is 0.260 e. The van der Waals surface area contributed by atoms with Gasteiger partial charge in [0, 0.05) is 11.1 Å². The Morgan fingerprint density at radius 2 is 1.56 bits per heavy atom. The molecule has 0 saturated carbocycles. The lowest BCUT2D eigenvalue weighted by Crippen LogP contribution is -2.29. The third kappa shape index (κ3) is 4.42. The van der Waals surface area contributed by atoms with E-state index in [-0.39, 0.29) is 16.6 Å². The van der Waals surface area contributed by atoms with Crippen LogP contribution in [0.25, 0.3) is 0 Å². The molecule has 0 saturated heterocycles. The first-order chi connectivity index (χ1) is 11.4. The molecule has 1 aromatic rings. The van der Waals surface area contributed by atoms with Crippen LogP contribution in [0.1, 0.15) is 41.5 Å². The molecule has 0 spiro atoms. The van der Waals surface area contributed by atoms with Crippen LogP contribution in [0.3, 0.4) is 0 Å². The van der Waals surface area contributed by atoms with E-state index >= 15 is 0 Å². The lowest BCUT2D eigenvalue weighted by Gasteiger charge is -2.30. The number of ether oxygens (including phenoxy) is 1. The van der Waals surface area contributed by atoms with Gasteiger partial charge in [-0.15, -0.1) is 0 Å². The van der Waals surface area contributed by atoms with Gasteiger partial charge in [0.15, 0.2) is 5.78 Å². The number of carbonyl (C=O) groups is 1. The highest BCUT2D eigenvalue weighted by atomic mass is 79.9. The summed E-state index contributed by atoms with van der Waals surface area (Å²) in [6, 6.07) is 0. The summed E-state index contributed by atoms with van der Waals surface area (Å²) >= 11 is 3.27. The molecule has 1 aromatic heterocycles. The van der Waals surface area contributed by atoms with Crippen LogP contribution in [0.5, 0.6) is 5.88 Å². The van der Waals surface area contributed by atoms with Gasteiger partial charge in [0.25, 0.3) is 5.88 Å². The second-order valence-corrected chi connectivity index (χ2v) is 8.82. The maximum absolute atomic E-state index is 12.9. The summed E-state index contributed by atoms with van der Waals surface area (Å²) < 4.78 is 5.83. The minimum absolute atomic E-state index is 0.0767. The Balaban J connectivity index is 2.63. The number of allylic oxidation sites excluding steroid dienone is 4. The van der Waals surface area contributed by atoms with Crippen molar-refractivity contribution in [3.63, 3.8) is 0 Å². The number of nitrogens with zero attached hydrogens (tertiary/aromatic N) is 3. The second-order valence-electron chi connectivity index (χ2n) is 8.01. The first-order valence-corrected chi connectivity index (χ1v) is 8.87. The van der Waals surface area contributed by atoms with Crippen LogP contribution >= 0.6 is 15.9 Å². The standard InChI is InChI=1S/C19H24BrN3O2/c1-18(2,3)12-8-11(9-13(15(12)24)19(4,5)6)22-16-17(25-7)23-14(20)10-21-16/h8-10H,1-7H3. The Morgan fingerprint density at radius 1 is 1.04 bits per heavy atom. The number of hydrogen-bond donors (Lipinski definition) is 0. The van der Waals surface area contributed by atoms with Gasteiger partial charge < -0.3 is 4.74 Å². The molecule has 0 aliphatic heterocycles. The molecular formula is C19H24BrN3O2. The largest absolute Gasteiger partial charge is 0.478 e. The summed E-state index contributed by atoms with van der Waals surface area (Å²) in [5.74, 6) is 0.784. The van der Waals surface area contributed by atoms with Crippen molar-refractivity contribution in [3.05, 3.63) is 34.1 Å². The molecule has 0 N–H and O–H groups in total. The molecule has 25 heavy (non-hydrogen) atoms. The smallest absolute Gasteiger partial charge is 0.260 e. The lowest BCUT2D eigenvalue weighted by molar-refractivity contribution is -0.114. The molecule has 2 rings (SSSR count). The van der Waals surface area contributed by atoms with E-state index in [1.807, 2.05) is 53.7 Å². The molecule has 0 unspecified atom stereocenters. The SMILES string of the molecule is COc1nc(Br)cnc1N=C1C=C(C(C)(C)C)C(=O)C(C(C)(C)C)=C1. The van der Waals surface area contributed by atoms with Crippen molar-refractivity contribution in [2.75, 3.05) is 7.11 Å². The number of rotatable bonds is 2. The van der Waals surface area contributed by atoms with Gasteiger partial charge in [-0.1, -0.05) is 41.5 Å². The van der Waals surface area contributed by atoms with E-state index in [4.69, 9.17) is 4.74 Å². The highest BCUT2D eigenvalue weighted by Crippen LogP contribution is 2.37. The summed E-state index contributed by atoms with van der Waals surface area (Å²) in [6.45, 7) is 12.2. The second kappa shape index (κ2) is 6.83. The monoisotopic (exact) mass is 405 g/mol. The van der Waals surface area contributed by atoms with Gasteiger partial charge in [0.1, 0.15) is 4.60 Å². The Hall–Kier alpha value is -1.82. The Morgan fingerprint density at radius 3 is 2.00 bits per heavy atom. The van der Waals surface area contributed by atoms with Gasteiger partial charge in [-0.3, -0.25) is 4.79 Å². The first kappa shape index (κ1) is 19.5. The average molecular weight is 406 g/mol. The molecule has 0 bridgehead atoms. The summed E-state index contributed by atoms with van der Waals surface area (Å²) in [7, 11) is 1.53. The first-order valence-electron chi connectivity index (χ1n) is 8.08. The summed E-state index contributed by atoms with van der Waals surface area (Å²) in [5, 5.41) is 0. The van der Waals surface area contributed by atoms with E-state index in [0.717, 1.165) is 11.1 Å². The van der Waals surface area contributed by atoms with Crippen LogP contribution in [0, 0.1) is 10.8 Å². The molecule has 6 heteroatoms. The molecule has 0 aromatic carbocycles. The van der Waals surface area contributed by atoms with E-state index in [2.05, 4.69) is 30.9 Å². The Kier molecular flexibility index (Phi) is 5.33. The fraction of sp³-hybridized carbons (Fsp3) is 0.474. The van der Waals surface area contributed by atoms with Crippen molar-refractivity contribution >= 4 is 33.2 Å². The number of Topliss-reactive ketones (excluding diaryl/α,β-unsaturated/α-hetero) is 1. The minimum atomic E-state index is -0.280. The number of methoxy groups -OCH3 is 1. The van der Waals surface area contributed by atoms with Crippen LogP contribution in [-0.4, -0.2) is 28.6 Å². The van der Waals surface area contributed by atoms with Crippen LogP contribution in [0.2, 0.25) is 0 Å². The lowest BCUT2D eigenvalue weighted by atomic mass is 9.72. The normalized spacial score (nSPS) is 15.7. The molecule has 1 heterocycles. The highest BCUT2D eigenvalue weighted by Gasteiger charge is 2.34. The van der Waals surface area contributed by atoms with E-state index in [9.17, 15) is 4.79 Å². The summed E-state index contributed by atoms with van der Waals surface area (Å²) in [6.07, 6.45) is 5.24. The third-order valence-electron chi connectivity index (χ3n) is 3.81. The van der Waals surface area contributed by atoms with Crippen molar-refractivity contribution in [2.24, 2.45) is 15.8 Å². The van der Waals surface area contributed by atoms with Crippen LogP contribution in [-0.2, 0) is 4.79 Å². The van der Waals surface area contributed by atoms with Crippen molar-refractivity contribution in [1.82, 2.24) is 9.97 Å². The van der Waals surface area contributed by atoms with E-state index in [0.29, 0.717) is 22.0 Å². The van der Waals surface area contributed by atoms with Crippen molar-refractivity contribution in [3.8, 4) is 5.88 Å². The quantitative estimate of drug-likeness (QED) is 0.659. The zero-order valence-corrected chi connectivity index (χ0v) is 17.4. The van der Waals surface area contributed by atoms with Gasteiger partial charge in [0.2, 0.25) is 5.82 Å². The Labute approximate surface area is 157 Å². The van der Waals surface area contributed by atoms with E-state index < -0.39 is 0 Å². The molecule has 0 fully saturated rings. The molecule has 0 radical (unpaired) electrons. The predicted octanol–water partition coefficient (Wildman–Crippen LogP) is 4.85. The van der Waals surface area contributed by atoms with Gasteiger partial charge in [-0.05, 0) is 38.9 Å². The Bertz CT molecular complexity index is 758. The van der Waals surface area contributed by atoms with E-state index in [1.54, 1.807) is 6.20 Å². The topological polar surface area (TPSA) is 64.4 Å². The number of carbonyl (C=O) groups excluding carboxylic acids is 1. The fourth-order valence-electron chi connectivity index (χ4n) is 2.47. The number of ketones is 1. The van der Waals surface area contributed by atoms with Crippen LogP contribution in [0.4, 0.5) is 5.82 Å². The predicted molar refractivity (Wildman–Crippen MR) is 103 cm³/mol.